The maximum atomic E-state index is 12.0. The largest absolute Gasteiger partial charge is 0.478 e. The number of carboxylic acids is 1. The molecule has 6 heteroatoms. The minimum Gasteiger partial charge on any atom is -0.478 e. The molecule has 1 aliphatic carbocycles. The van der Waals surface area contributed by atoms with Crippen LogP contribution in [0.4, 0.5) is 0 Å². The Morgan fingerprint density at radius 2 is 1.62 bits per heavy atom. The number of amides is 1. The highest BCUT2D eigenvalue weighted by atomic mass is 16.4. The normalized spacial score (nSPS) is 19.0. The van der Waals surface area contributed by atoms with Gasteiger partial charge in [-0.15, -0.1) is 0 Å². The minimum absolute atomic E-state index is 0.0580. The maximum absolute atomic E-state index is 12.0. The van der Waals surface area contributed by atoms with E-state index in [0.29, 0.717) is 6.54 Å². The number of hydrogen-bond donors (Lipinski definition) is 4. The molecule has 0 saturated heterocycles. The summed E-state index contributed by atoms with van der Waals surface area (Å²) in [6, 6.07) is 15.0. The van der Waals surface area contributed by atoms with E-state index in [1.807, 2.05) is 31.2 Å². The maximum Gasteiger partial charge on any atom is 0.335 e. The summed E-state index contributed by atoms with van der Waals surface area (Å²) in [6.45, 7) is 2.59. The van der Waals surface area contributed by atoms with Gasteiger partial charge < -0.3 is 21.5 Å². The third kappa shape index (κ3) is 4.96. The van der Waals surface area contributed by atoms with Gasteiger partial charge in [-0.3, -0.25) is 4.79 Å². The topological polar surface area (TPSA) is 104 Å². The molecule has 1 saturated carbocycles. The predicted molar refractivity (Wildman–Crippen MR) is 114 cm³/mol. The predicted octanol–water partition coefficient (Wildman–Crippen LogP) is 3.20. The van der Waals surface area contributed by atoms with Gasteiger partial charge in [-0.2, -0.15) is 0 Å². The summed E-state index contributed by atoms with van der Waals surface area (Å²) in [4.78, 5) is 23.0. The van der Waals surface area contributed by atoms with Crippen molar-refractivity contribution in [2.24, 2.45) is 11.7 Å². The van der Waals surface area contributed by atoms with E-state index in [9.17, 15) is 9.59 Å². The highest BCUT2D eigenvalue weighted by molar-refractivity contribution is 5.88. The molecule has 1 fully saturated rings. The minimum atomic E-state index is -0.933. The monoisotopic (exact) mass is 393 g/mol. The molecule has 2 unspecified atom stereocenters. The molecule has 0 aromatic heterocycles. The van der Waals surface area contributed by atoms with Gasteiger partial charge in [0, 0.05) is 24.7 Å². The first-order chi connectivity index (χ1) is 14.0. The lowest BCUT2D eigenvalue weighted by Crippen LogP contribution is -2.31. The Bertz CT molecular complexity index is 889. The molecule has 2 aromatic rings. The van der Waals surface area contributed by atoms with Crippen LogP contribution in [0, 0.1) is 5.92 Å². The Morgan fingerprint density at radius 3 is 2.14 bits per heavy atom. The zero-order valence-electron chi connectivity index (χ0n) is 16.5. The second-order valence-electron chi connectivity index (χ2n) is 7.29. The molecule has 152 valence electrons. The highest BCUT2D eigenvalue weighted by Gasteiger charge is 2.29. The first kappa shape index (κ1) is 20.5. The summed E-state index contributed by atoms with van der Waals surface area (Å²) in [7, 11) is 0. The van der Waals surface area contributed by atoms with E-state index in [4.69, 9.17) is 10.8 Å². The summed E-state index contributed by atoms with van der Waals surface area (Å²) < 4.78 is 0. The van der Waals surface area contributed by atoms with E-state index in [1.165, 1.54) is 0 Å². The molecular formula is C23H27N3O3. The van der Waals surface area contributed by atoms with Crippen molar-refractivity contribution in [3.63, 3.8) is 0 Å². The number of nitrogens with two attached hydrogens (primary N) is 1. The number of hydrogen-bond acceptors (Lipinski definition) is 4. The van der Waals surface area contributed by atoms with Crippen LogP contribution in [0.2, 0.25) is 0 Å². The third-order valence-electron chi connectivity index (χ3n) is 5.34. The number of rotatable bonds is 7. The summed E-state index contributed by atoms with van der Waals surface area (Å²) in [5, 5.41) is 15.4. The number of benzene rings is 2. The molecular weight excluding hydrogens is 366 g/mol. The van der Waals surface area contributed by atoms with Gasteiger partial charge >= 0.3 is 5.97 Å². The van der Waals surface area contributed by atoms with E-state index in [-0.39, 0.29) is 23.4 Å². The smallest absolute Gasteiger partial charge is 0.335 e. The van der Waals surface area contributed by atoms with E-state index in [2.05, 4.69) is 10.6 Å². The van der Waals surface area contributed by atoms with Crippen LogP contribution in [0.3, 0.4) is 0 Å². The average molecular weight is 393 g/mol. The van der Waals surface area contributed by atoms with Crippen molar-refractivity contribution < 1.29 is 14.7 Å². The van der Waals surface area contributed by atoms with Gasteiger partial charge in [0.15, 0.2) is 0 Å². The molecule has 5 N–H and O–H groups in total. The molecule has 0 aliphatic heterocycles. The molecule has 0 heterocycles. The van der Waals surface area contributed by atoms with Crippen molar-refractivity contribution in [2.45, 2.75) is 32.2 Å². The number of carboxylic acid groups (broad SMARTS) is 1. The van der Waals surface area contributed by atoms with Gasteiger partial charge in [0.25, 0.3) is 0 Å². The van der Waals surface area contributed by atoms with Crippen LogP contribution in [0.1, 0.15) is 42.1 Å². The molecule has 6 nitrogen and oxygen atoms in total. The van der Waals surface area contributed by atoms with Crippen molar-refractivity contribution >= 4 is 17.6 Å². The van der Waals surface area contributed by atoms with E-state index in [1.54, 1.807) is 30.5 Å². The lowest BCUT2D eigenvalue weighted by atomic mass is 10.0. The van der Waals surface area contributed by atoms with Gasteiger partial charge in [-0.1, -0.05) is 36.4 Å². The summed E-state index contributed by atoms with van der Waals surface area (Å²) in [6.07, 6.45) is 4.19. The Labute approximate surface area is 170 Å². The molecule has 2 atom stereocenters. The second-order valence-corrected chi connectivity index (χ2v) is 7.29. The van der Waals surface area contributed by atoms with Crippen LogP contribution < -0.4 is 16.4 Å². The Kier molecular flexibility index (Phi) is 6.54. The van der Waals surface area contributed by atoms with Crippen LogP contribution in [0.25, 0.3) is 16.8 Å². The average Bonchev–Trinajstić information content (AvgIpc) is 3.21. The molecule has 29 heavy (non-hydrogen) atoms. The van der Waals surface area contributed by atoms with E-state index >= 15 is 0 Å². The standard InChI is InChI=1S/C23H27N3O3/c1-2-25-22(27)19-11-12-20(13-19)26-21(14-24)17-7-3-15(4-8-17)16-5-9-18(10-6-16)23(28)29/h3-10,14,19-20,26H,2,11-13,24H2,1H3,(H,25,27)(H,28,29)/b21-14-. The van der Waals surface area contributed by atoms with E-state index in [0.717, 1.165) is 41.6 Å². The molecule has 1 aliphatic rings. The van der Waals surface area contributed by atoms with Crippen molar-refractivity contribution in [2.75, 3.05) is 6.54 Å². The van der Waals surface area contributed by atoms with Crippen LogP contribution in [-0.2, 0) is 4.79 Å². The Hall–Kier alpha value is -3.28. The SMILES string of the molecule is CCNC(=O)C1CCC(N/C(=C\N)c2ccc(-c3ccc(C(=O)O)cc3)cc2)C1. The number of carbonyl (C=O) groups is 2. The summed E-state index contributed by atoms with van der Waals surface area (Å²) in [5.41, 5.74) is 9.90. The fraction of sp³-hybridized carbons (Fsp3) is 0.304. The van der Waals surface area contributed by atoms with Crippen LogP contribution in [0.15, 0.2) is 54.7 Å². The lowest BCUT2D eigenvalue weighted by molar-refractivity contribution is -0.124. The molecule has 0 spiro atoms. The van der Waals surface area contributed by atoms with Gasteiger partial charge in [-0.05, 0) is 55.0 Å². The lowest BCUT2D eigenvalue weighted by Gasteiger charge is -2.18. The number of nitrogens with one attached hydrogen (secondary N) is 2. The van der Waals surface area contributed by atoms with Crippen LogP contribution >= 0.6 is 0 Å². The molecule has 1 amide bonds. The van der Waals surface area contributed by atoms with Gasteiger partial charge in [0.2, 0.25) is 5.91 Å². The summed E-state index contributed by atoms with van der Waals surface area (Å²) >= 11 is 0. The molecule has 2 aromatic carbocycles. The van der Waals surface area contributed by atoms with Crippen molar-refractivity contribution in [1.82, 2.24) is 10.6 Å². The third-order valence-corrected chi connectivity index (χ3v) is 5.34. The molecule has 0 bridgehead atoms. The Balaban J connectivity index is 1.65. The van der Waals surface area contributed by atoms with E-state index < -0.39 is 5.97 Å². The zero-order chi connectivity index (χ0) is 20.8. The molecule has 3 rings (SSSR count). The Morgan fingerprint density at radius 1 is 1.03 bits per heavy atom. The number of aromatic carboxylic acids is 1. The fourth-order valence-electron chi connectivity index (χ4n) is 3.76. The highest BCUT2D eigenvalue weighted by Crippen LogP contribution is 2.28. The quantitative estimate of drug-likeness (QED) is 0.578. The van der Waals surface area contributed by atoms with Crippen LogP contribution in [0.5, 0.6) is 0 Å². The first-order valence-corrected chi connectivity index (χ1v) is 9.92. The summed E-state index contributed by atoms with van der Waals surface area (Å²) in [5.74, 6) is -0.743. The first-order valence-electron chi connectivity index (χ1n) is 9.92. The van der Waals surface area contributed by atoms with Crippen molar-refractivity contribution in [1.29, 1.82) is 0 Å². The van der Waals surface area contributed by atoms with Gasteiger partial charge in [-0.25, -0.2) is 4.79 Å². The van der Waals surface area contributed by atoms with Gasteiger partial charge in [0.05, 0.1) is 11.3 Å². The van der Waals surface area contributed by atoms with Crippen molar-refractivity contribution in [3.8, 4) is 11.1 Å². The number of carbonyl (C=O) groups excluding carboxylic acids is 1. The zero-order valence-corrected chi connectivity index (χ0v) is 16.5. The van der Waals surface area contributed by atoms with Crippen molar-refractivity contribution in [3.05, 3.63) is 65.9 Å². The van der Waals surface area contributed by atoms with Gasteiger partial charge in [0.1, 0.15) is 0 Å². The fourth-order valence-corrected chi connectivity index (χ4v) is 3.76. The molecule has 0 radical (unpaired) electrons. The second kappa shape index (κ2) is 9.28. The van der Waals surface area contributed by atoms with Crippen LogP contribution in [-0.4, -0.2) is 29.6 Å².